The lowest BCUT2D eigenvalue weighted by Crippen LogP contribution is -2.68. The largest absolute Gasteiger partial charge is 0.378 e. The summed E-state index contributed by atoms with van der Waals surface area (Å²) in [5.41, 5.74) is 3.46. The Morgan fingerprint density at radius 1 is 1.35 bits per heavy atom. The monoisotopic (exact) mass is 355 g/mol. The first-order chi connectivity index (χ1) is 12.2. The molecule has 1 N–H and O–H groups in total. The molecule has 1 saturated carbocycles. The average molecular weight is 355 g/mol. The quantitative estimate of drug-likeness (QED) is 0.893. The number of aromatic nitrogens is 2. The number of hydrogen-bond acceptors (Lipinski definition) is 3. The van der Waals surface area contributed by atoms with Crippen molar-refractivity contribution in [1.82, 2.24) is 14.9 Å². The number of pyridine rings is 1. The van der Waals surface area contributed by atoms with Crippen LogP contribution < -0.4 is 5.32 Å². The van der Waals surface area contributed by atoms with Gasteiger partial charge in [-0.2, -0.15) is 0 Å². The van der Waals surface area contributed by atoms with Crippen LogP contribution in [0.15, 0.2) is 30.5 Å². The van der Waals surface area contributed by atoms with Gasteiger partial charge in [0, 0.05) is 36.2 Å². The molecule has 1 amide bonds. The van der Waals surface area contributed by atoms with Gasteiger partial charge in [0.15, 0.2) is 0 Å². The van der Waals surface area contributed by atoms with E-state index in [1.165, 1.54) is 0 Å². The predicted octanol–water partition coefficient (Wildman–Crippen LogP) is 3.48. The van der Waals surface area contributed by atoms with Gasteiger partial charge in [-0.3, -0.25) is 9.78 Å². The highest BCUT2D eigenvalue weighted by Gasteiger charge is 2.58. The molecule has 5 nitrogen and oxygen atoms in total. The van der Waals surface area contributed by atoms with Crippen molar-refractivity contribution in [1.29, 1.82) is 0 Å². The van der Waals surface area contributed by atoms with Gasteiger partial charge >= 0.3 is 0 Å². The van der Waals surface area contributed by atoms with Crippen LogP contribution >= 0.6 is 0 Å². The van der Waals surface area contributed by atoms with Crippen molar-refractivity contribution in [2.24, 2.45) is 5.41 Å². The second-order valence-electron chi connectivity index (χ2n) is 8.08. The van der Waals surface area contributed by atoms with Crippen LogP contribution in [0.4, 0.5) is 0 Å². The number of carbonyl (C=O) groups excluding carboxylic acids is 1. The SMILES string of the molecule is CO[C@]1(C)C[C@@H](NC(=O)c2cc(C)n(Cc3ccccn3)c2C)C1(C)C. The molecule has 140 valence electrons. The van der Waals surface area contributed by atoms with Crippen molar-refractivity contribution in [2.75, 3.05) is 7.11 Å². The fraction of sp³-hybridized carbons (Fsp3) is 0.524. The van der Waals surface area contributed by atoms with E-state index in [9.17, 15) is 4.79 Å². The van der Waals surface area contributed by atoms with E-state index >= 15 is 0 Å². The number of methoxy groups -OCH3 is 1. The number of nitrogens with zero attached hydrogens (tertiary/aromatic N) is 2. The minimum atomic E-state index is -0.194. The molecule has 1 aliphatic rings. The topological polar surface area (TPSA) is 56.1 Å². The fourth-order valence-electron chi connectivity index (χ4n) is 3.89. The van der Waals surface area contributed by atoms with Crippen LogP contribution in [0.3, 0.4) is 0 Å². The smallest absolute Gasteiger partial charge is 0.253 e. The van der Waals surface area contributed by atoms with Crippen LogP contribution in [0.1, 0.15) is 54.6 Å². The molecule has 0 bridgehead atoms. The third-order valence-corrected chi connectivity index (χ3v) is 6.45. The normalized spacial score (nSPS) is 24.2. The van der Waals surface area contributed by atoms with E-state index in [0.717, 1.165) is 29.1 Å². The van der Waals surface area contributed by atoms with Crippen molar-refractivity contribution in [2.45, 2.75) is 59.2 Å². The van der Waals surface area contributed by atoms with Gasteiger partial charge in [0.2, 0.25) is 0 Å². The third kappa shape index (κ3) is 2.94. The van der Waals surface area contributed by atoms with Gasteiger partial charge in [-0.05, 0) is 45.4 Å². The zero-order valence-corrected chi connectivity index (χ0v) is 16.6. The van der Waals surface area contributed by atoms with E-state index in [4.69, 9.17) is 4.74 Å². The number of carbonyl (C=O) groups is 1. The molecule has 1 fully saturated rings. The van der Waals surface area contributed by atoms with Crippen molar-refractivity contribution < 1.29 is 9.53 Å². The van der Waals surface area contributed by atoms with Crippen LogP contribution in [0.5, 0.6) is 0 Å². The number of hydrogen-bond donors (Lipinski definition) is 1. The summed E-state index contributed by atoms with van der Waals surface area (Å²) < 4.78 is 7.80. The van der Waals surface area contributed by atoms with E-state index in [0.29, 0.717) is 6.54 Å². The van der Waals surface area contributed by atoms with E-state index in [1.54, 1.807) is 13.3 Å². The van der Waals surface area contributed by atoms with Gasteiger partial charge < -0.3 is 14.6 Å². The number of ether oxygens (including phenoxy) is 1. The maximum Gasteiger partial charge on any atom is 0.253 e. The molecule has 2 heterocycles. The Balaban J connectivity index is 1.76. The molecule has 2 aromatic rings. The molecule has 0 unspecified atom stereocenters. The molecule has 0 aliphatic heterocycles. The van der Waals surface area contributed by atoms with E-state index in [2.05, 4.69) is 35.6 Å². The summed E-state index contributed by atoms with van der Waals surface area (Å²) in [6.07, 6.45) is 2.62. The Kier molecular flexibility index (Phi) is 4.69. The molecule has 0 saturated heterocycles. The van der Waals surface area contributed by atoms with Gasteiger partial charge in [0.05, 0.1) is 23.4 Å². The second-order valence-corrected chi connectivity index (χ2v) is 8.08. The summed E-state index contributed by atoms with van der Waals surface area (Å²) in [5, 5.41) is 3.21. The number of rotatable bonds is 5. The summed E-state index contributed by atoms with van der Waals surface area (Å²) in [6.45, 7) is 11.1. The Hall–Kier alpha value is -2.14. The number of nitrogens with one attached hydrogen (secondary N) is 1. The molecule has 0 spiro atoms. The minimum absolute atomic E-state index is 0.0124. The molecule has 2 aromatic heterocycles. The van der Waals surface area contributed by atoms with Crippen molar-refractivity contribution in [3.8, 4) is 0 Å². The Bertz CT molecular complexity index is 810. The first-order valence-electron chi connectivity index (χ1n) is 9.12. The Morgan fingerprint density at radius 3 is 2.65 bits per heavy atom. The first kappa shape index (κ1) is 18.6. The zero-order valence-electron chi connectivity index (χ0n) is 16.6. The maximum atomic E-state index is 12.9. The number of amides is 1. The standard InChI is InChI=1S/C21H29N3O2/c1-14-11-17(15(2)24(14)13-16-9-7-8-10-22-16)19(25)23-18-12-21(5,26-6)20(18,3)4/h7-11,18H,12-13H2,1-6H3,(H,23,25)/t18-,21-/m1/s1. The number of aryl methyl sites for hydroxylation is 1. The second kappa shape index (κ2) is 6.54. The molecule has 1 aliphatic carbocycles. The summed E-state index contributed by atoms with van der Waals surface area (Å²) in [7, 11) is 1.74. The van der Waals surface area contributed by atoms with Gasteiger partial charge in [-0.25, -0.2) is 0 Å². The van der Waals surface area contributed by atoms with Crippen molar-refractivity contribution in [3.63, 3.8) is 0 Å². The molecular formula is C21H29N3O2. The molecule has 0 aromatic carbocycles. The molecule has 26 heavy (non-hydrogen) atoms. The summed E-state index contributed by atoms with van der Waals surface area (Å²) >= 11 is 0. The molecular weight excluding hydrogens is 326 g/mol. The van der Waals surface area contributed by atoms with Gasteiger partial charge in [-0.1, -0.05) is 19.9 Å². The van der Waals surface area contributed by atoms with Gasteiger partial charge in [0.25, 0.3) is 5.91 Å². The van der Waals surface area contributed by atoms with Gasteiger partial charge in [-0.15, -0.1) is 0 Å². The predicted molar refractivity (Wildman–Crippen MR) is 102 cm³/mol. The summed E-state index contributed by atoms with van der Waals surface area (Å²) in [4.78, 5) is 17.3. The lowest BCUT2D eigenvalue weighted by molar-refractivity contribution is -0.177. The summed E-state index contributed by atoms with van der Waals surface area (Å²) in [5.74, 6) is -0.0124. The highest BCUT2D eigenvalue weighted by atomic mass is 16.5. The van der Waals surface area contributed by atoms with E-state index in [1.807, 2.05) is 38.1 Å². The van der Waals surface area contributed by atoms with Gasteiger partial charge in [0.1, 0.15) is 0 Å². The van der Waals surface area contributed by atoms with Crippen LogP contribution in [0, 0.1) is 19.3 Å². The highest BCUT2D eigenvalue weighted by Crippen LogP contribution is 2.51. The van der Waals surface area contributed by atoms with Crippen LogP contribution in [0.2, 0.25) is 0 Å². The molecule has 3 rings (SSSR count). The van der Waals surface area contributed by atoms with E-state index in [-0.39, 0.29) is 23.0 Å². The average Bonchev–Trinajstić information content (AvgIpc) is 2.90. The molecule has 2 atom stereocenters. The van der Waals surface area contributed by atoms with E-state index < -0.39 is 0 Å². The van der Waals surface area contributed by atoms with Crippen LogP contribution in [-0.4, -0.2) is 34.2 Å². The molecule has 5 heteroatoms. The van der Waals surface area contributed by atoms with Crippen molar-refractivity contribution in [3.05, 3.63) is 53.1 Å². The lowest BCUT2D eigenvalue weighted by atomic mass is 9.56. The Morgan fingerprint density at radius 2 is 2.08 bits per heavy atom. The maximum absolute atomic E-state index is 12.9. The third-order valence-electron chi connectivity index (χ3n) is 6.45. The van der Waals surface area contributed by atoms with Crippen LogP contribution in [0.25, 0.3) is 0 Å². The zero-order chi connectivity index (χ0) is 19.1. The highest BCUT2D eigenvalue weighted by molar-refractivity contribution is 5.96. The van der Waals surface area contributed by atoms with Crippen LogP contribution in [-0.2, 0) is 11.3 Å². The minimum Gasteiger partial charge on any atom is -0.378 e. The lowest BCUT2D eigenvalue weighted by Gasteiger charge is -2.59. The summed E-state index contributed by atoms with van der Waals surface area (Å²) in [6, 6.07) is 7.97. The Labute approximate surface area is 155 Å². The first-order valence-corrected chi connectivity index (χ1v) is 9.12. The van der Waals surface area contributed by atoms with Crippen molar-refractivity contribution >= 4 is 5.91 Å². The fourth-order valence-corrected chi connectivity index (χ4v) is 3.89. The molecule has 0 radical (unpaired) electrons.